The quantitative estimate of drug-likeness (QED) is 0.707. The minimum Gasteiger partial charge on any atom is -0.497 e. The fraction of sp³-hybridized carbons (Fsp3) is 0.294. The first kappa shape index (κ1) is 18.2. The molecule has 0 aliphatic heterocycles. The number of aromatic nitrogens is 3. The van der Waals surface area contributed by atoms with Crippen LogP contribution in [0.2, 0.25) is 0 Å². The van der Waals surface area contributed by atoms with Gasteiger partial charge in [0.25, 0.3) is 0 Å². The Labute approximate surface area is 151 Å². The summed E-state index contributed by atoms with van der Waals surface area (Å²) < 4.78 is 40.8. The molecule has 9 heteroatoms. The third-order valence-electron chi connectivity index (χ3n) is 4.05. The monoisotopic (exact) mass is 376 g/mol. The van der Waals surface area contributed by atoms with Gasteiger partial charge >= 0.3 is 0 Å². The van der Waals surface area contributed by atoms with Crippen molar-refractivity contribution in [2.45, 2.75) is 24.8 Å². The lowest BCUT2D eigenvalue weighted by Crippen LogP contribution is -2.31. The third-order valence-corrected chi connectivity index (χ3v) is 5.72. The number of imidazole rings is 1. The van der Waals surface area contributed by atoms with Crippen LogP contribution < -0.4 is 9.46 Å². The summed E-state index contributed by atoms with van der Waals surface area (Å²) in [5.41, 5.74) is 1.01. The number of hydrogen-bond acceptors (Lipinski definition) is 6. The molecule has 0 saturated carbocycles. The van der Waals surface area contributed by atoms with Crippen LogP contribution in [-0.4, -0.2) is 30.2 Å². The summed E-state index contributed by atoms with van der Waals surface area (Å²) in [6.07, 6.45) is 3.37. The molecule has 0 aliphatic rings. The number of benzene rings is 1. The number of ether oxygens (including phenoxy) is 1. The minimum atomic E-state index is -3.89. The molecule has 0 saturated heterocycles. The summed E-state index contributed by atoms with van der Waals surface area (Å²) >= 11 is 0. The number of aryl methyl sites for hydroxylation is 3. The Hall–Kier alpha value is -2.65. The fourth-order valence-corrected chi connectivity index (χ4v) is 4.33. The van der Waals surface area contributed by atoms with E-state index in [1.807, 2.05) is 6.07 Å². The zero-order valence-electron chi connectivity index (χ0n) is 14.9. The molecule has 3 rings (SSSR count). The molecule has 1 atom stereocenters. The molecule has 1 N–H and O–H groups in total. The summed E-state index contributed by atoms with van der Waals surface area (Å²) in [7, 11) is -0.525. The van der Waals surface area contributed by atoms with E-state index in [1.54, 1.807) is 63.2 Å². The predicted molar refractivity (Wildman–Crippen MR) is 94.3 cm³/mol. The average molecular weight is 376 g/mol. The van der Waals surface area contributed by atoms with Crippen LogP contribution in [-0.2, 0) is 17.1 Å². The van der Waals surface area contributed by atoms with Crippen LogP contribution in [0, 0.1) is 13.8 Å². The summed E-state index contributed by atoms with van der Waals surface area (Å²) in [5, 5.41) is 3.74. The number of nitrogens with zero attached hydrogens (tertiary/aromatic N) is 3. The van der Waals surface area contributed by atoms with Crippen LogP contribution >= 0.6 is 0 Å². The van der Waals surface area contributed by atoms with E-state index < -0.39 is 16.1 Å². The molecule has 0 bridgehead atoms. The van der Waals surface area contributed by atoms with Gasteiger partial charge in [0.15, 0.2) is 5.76 Å². The van der Waals surface area contributed by atoms with Gasteiger partial charge in [0.1, 0.15) is 28.2 Å². The minimum absolute atomic E-state index is 0.0413. The SMILES string of the molecule is COc1cccc(C(NS(=O)(=O)c2c(C)noc2C)c2nccn2C)c1. The van der Waals surface area contributed by atoms with Crippen molar-refractivity contribution in [1.29, 1.82) is 0 Å². The number of hydrogen-bond donors (Lipinski definition) is 1. The lowest BCUT2D eigenvalue weighted by molar-refractivity contribution is 0.390. The van der Waals surface area contributed by atoms with Gasteiger partial charge in [0, 0.05) is 19.4 Å². The van der Waals surface area contributed by atoms with Gasteiger partial charge in [-0.3, -0.25) is 0 Å². The average Bonchev–Trinajstić information content (AvgIpc) is 3.18. The number of rotatable bonds is 6. The van der Waals surface area contributed by atoms with Gasteiger partial charge in [-0.25, -0.2) is 13.4 Å². The molecule has 3 aromatic rings. The first-order valence-corrected chi connectivity index (χ1v) is 9.38. The second-order valence-electron chi connectivity index (χ2n) is 5.88. The van der Waals surface area contributed by atoms with Crippen molar-refractivity contribution in [2.75, 3.05) is 7.11 Å². The van der Waals surface area contributed by atoms with Crippen LogP contribution in [0.15, 0.2) is 46.1 Å². The molecule has 1 unspecified atom stereocenters. The lowest BCUT2D eigenvalue weighted by atomic mass is 10.1. The summed E-state index contributed by atoms with van der Waals surface area (Å²) in [5.74, 6) is 1.41. The second-order valence-corrected chi connectivity index (χ2v) is 7.53. The molecular formula is C17H20N4O4S. The molecule has 26 heavy (non-hydrogen) atoms. The Morgan fingerprint density at radius 2 is 2.08 bits per heavy atom. The van der Waals surface area contributed by atoms with E-state index in [0.29, 0.717) is 22.8 Å². The number of sulfonamides is 1. The van der Waals surface area contributed by atoms with Gasteiger partial charge in [0.2, 0.25) is 10.0 Å². The van der Waals surface area contributed by atoms with Gasteiger partial charge < -0.3 is 13.8 Å². The molecule has 0 aliphatic carbocycles. The first-order chi connectivity index (χ1) is 12.3. The van der Waals surface area contributed by atoms with Crippen molar-refractivity contribution >= 4 is 10.0 Å². The number of methoxy groups -OCH3 is 1. The molecular weight excluding hydrogens is 356 g/mol. The van der Waals surface area contributed by atoms with Gasteiger partial charge in [-0.15, -0.1) is 0 Å². The Kier molecular flexibility index (Phi) is 4.84. The fourth-order valence-electron chi connectivity index (χ4n) is 2.82. The molecule has 0 amide bonds. The Morgan fingerprint density at radius 3 is 2.65 bits per heavy atom. The highest BCUT2D eigenvalue weighted by Gasteiger charge is 2.30. The first-order valence-electron chi connectivity index (χ1n) is 7.90. The molecule has 8 nitrogen and oxygen atoms in total. The molecule has 0 fully saturated rings. The van der Waals surface area contributed by atoms with Crippen LogP contribution in [0.5, 0.6) is 5.75 Å². The zero-order valence-corrected chi connectivity index (χ0v) is 15.7. The van der Waals surface area contributed by atoms with Crippen molar-refractivity contribution in [3.05, 3.63) is 59.5 Å². The highest BCUT2D eigenvalue weighted by atomic mass is 32.2. The summed E-state index contributed by atoms with van der Waals surface area (Å²) in [4.78, 5) is 4.36. The predicted octanol–water partition coefficient (Wildman–Crippen LogP) is 2.10. The summed E-state index contributed by atoms with van der Waals surface area (Å²) in [6, 6.07) is 6.48. The molecule has 2 aromatic heterocycles. The molecule has 0 spiro atoms. The Bertz CT molecular complexity index is 1000. The van der Waals surface area contributed by atoms with Crippen molar-refractivity contribution in [2.24, 2.45) is 7.05 Å². The standard InChI is InChI=1S/C17H20N4O4S/c1-11-16(12(2)25-19-11)26(22,23)20-15(17-18-8-9-21(17)3)13-6-5-7-14(10-13)24-4/h5-10,15,20H,1-4H3. The van der Waals surface area contributed by atoms with Gasteiger partial charge in [-0.1, -0.05) is 17.3 Å². The van der Waals surface area contributed by atoms with E-state index in [9.17, 15) is 8.42 Å². The van der Waals surface area contributed by atoms with E-state index in [2.05, 4.69) is 14.9 Å². The second kappa shape index (κ2) is 6.93. The zero-order chi connectivity index (χ0) is 18.9. The third kappa shape index (κ3) is 3.35. The van der Waals surface area contributed by atoms with Gasteiger partial charge in [-0.2, -0.15) is 4.72 Å². The highest BCUT2D eigenvalue weighted by Crippen LogP contribution is 2.27. The molecule has 1 aromatic carbocycles. The van der Waals surface area contributed by atoms with E-state index in [1.165, 1.54) is 0 Å². The van der Waals surface area contributed by atoms with Crippen molar-refractivity contribution in [1.82, 2.24) is 19.4 Å². The molecule has 0 radical (unpaired) electrons. The maximum absolute atomic E-state index is 13.0. The molecule has 138 valence electrons. The van der Waals surface area contributed by atoms with Crippen LogP contribution in [0.1, 0.15) is 28.9 Å². The highest BCUT2D eigenvalue weighted by molar-refractivity contribution is 7.89. The number of nitrogens with one attached hydrogen (secondary N) is 1. The smallest absolute Gasteiger partial charge is 0.246 e. The molecule has 2 heterocycles. The summed E-state index contributed by atoms with van der Waals surface area (Å²) in [6.45, 7) is 3.16. The largest absolute Gasteiger partial charge is 0.497 e. The van der Waals surface area contributed by atoms with Crippen LogP contribution in [0.25, 0.3) is 0 Å². The van der Waals surface area contributed by atoms with E-state index in [-0.39, 0.29) is 10.7 Å². The van der Waals surface area contributed by atoms with E-state index in [0.717, 1.165) is 0 Å². The van der Waals surface area contributed by atoms with Crippen molar-refractivity contribution in [3.63, 3.8) is 0 Å². The van der Waals surface area contributed by atoms with Gasteiger partial charge in [0.05, 0.1) is 7.11 Å². The van der Waals surface area contributed by atoms with Crippen LogP contribution in [0.3, 0.4) is 0 Å². The van der Waals surface area contributed by atoms with Crippen molar-refractivity contribution < 1.29 is 17.7 Å². The van der Waals surface area contributed by atoms with Crippen LogP contribution in [0.4, 0.5) is 0 Å². The maximum atomic E-state index is 13.0. The maximum Gasteiger partial charge on any atom is 0.246 e. The van der Waals surface area contributed by atoms with E-state index in [4.69, 9.17) is 9.26 Å². The van der Waals surface area contributed by atoms with Crippen molar-refractivity contribution in [3.8, 4) is 5.75 Å². The Morgan fingerprint density at radius 1 is 1.31 bits per heavy atom. The Balaban J connectivity index is 2.09. The van der Waals surface area contributed by atoms with Gasteiger partial charge in [-0.05, 0) is 31.5 Å². The normalized spacial score (nSPS) is 12.9. The van der Waals surface area contributed by atoms with E-state index >= 15 is 0 Å². The topological polar surface area (TPSA) is 99.2 Å². The lowest BCUT2D eigenvalue weighted by Gasteiger charge is -2.19.